The summed E-state index contributed by atoms with van der Waals surface area (Å²) in [6.45, 7) is 4.67. The van der Waals surface area contributed by atoms with Crippen LogP contribution in [-0.4, -0.2) is 68.5 Å². The maximum Gasteiger partial charge on any atom is 0.410 e. The van der Waals surface area contributed by atoms with Crippen molar-refractivity contribution in [3.05, 3.63) is 54.1 Å². The number of rotatable bonds is 7. The normalized spacial score (nSPS) is 22.7. The molecule has 184 valence electrons. The lowest BCUT2D eigenvalue weighted by atomic mass is 9.92. The zero-order chi connectivity index (χ0) is 22.6. The molecule has 5 rings (SSSR count). The number of nitrogens with zero attached hydrogens (tertiary/aromatic N) is 2. The smallest absolute Gasteiger partial charge is 0.410 e. The number of hydrogen-bond donors (Lipinski definition) is 0. The largest absolute Gasteiger partial charge is 0.496 e. The summed E-state index contributed by atoms with van der Waals surface area (Å²) in [5, 5.41) is 0. The first-order chi connectivity index (χ1) is 16.2. The number of benzene rings is 2. The van der Waals surface area contributed by atoms with Crippen LogP contribution in [0, 0.1) is 5.92 Å². The molecule has 2 aromatic carbocycles. The van der Waals surface area contributed by atoms with Crippen molar-refractivity contribution in [1.29, 1.82) is 0 Å². The maximum atomic E-state index is 12.4. The lowest BCUT2D eigenvalue weighted by molar-refractivity contribution is 0.0466. The molecule has 2 aromatic rings. The van der Waals surface area contributed by atoms with Gasteiger partial charge in [0.05, 0.1) is 13.2 Å². The van der Waals surface area contributed by atoms with Crippen molar-refractivity contribution in [1.82, 2.24) is 9.80 Å². The molecule has 3 aliphatic heterocycles. The van der Waals surface area contributed by atoms with E-state index >= 15 is 0 Å². The van der Waals surface area contributed by atoms with Crippen molar-refractivity contribution in [2.75, 3.05) is 46.5 Å². The molecule has 2 fully saturated rings. The van der Waals surface area contributed by atoms with Gasteiger partial charge in [-0.15, -0.1) is 0 Å². The van der Waals surface area contributed by atoms with Crippen LogP contribution >= 0.6 is 13.5 Å². The third-order valence-corrected chi connectivity index (χ3v) is 6.99. The van der Waals surface area contributed by atoms with E-state index in [2.05, 4.69) is 4.90 Å². The van der Waals surface area contributed by atoms with Gasteiger partial charge in [0, 0.05) is 18.7 Å². The molecule has 0 aromatic heterocycles. The zero-order valence-electron chi connectivity index (χ0n) is 19.7. The summed E-state index contributed by atoms with van der Waals surface area (Å²) in [7, 11) is 1.66. The van der Waals surface area contributed by atoms with Crippen LogP contribution in [0.3, 0.4) is 0 Å². The standard InChI is InChI=1S/C26H32N2O5.H2S/c1-30-23-7-3-2-6-21(23)22-18-32-26(29)28(22)15-12-19-10-13-27(14-11-19)16-20-17-31-24-8-4-5-9-25(24)33-20;/h2-9,19-20,22H,10-18H2,1H3;1H2/t20-,22?;/m0./s1. The summed E-state index contributed by atoms with van der Waals surface area (Å²) >= 11 is 0. The van der Waals surface area contributed by atoms with E-state index in [0.29, 0.717) is 25.7 Å². The summed E-state index contributed by atoms with van der Waals surface area (Å²) in [5.74, 6) is 3.08. The van der Waals surface area contributed by atoms with Crippen molar-refractivity contribution in [2.24, 2.45) is 5.92 Å². The van der Waals surface area contributed by atoms with Crippen molar-refractivity contribution in [3.8, 4) is 17.2 Å². The Hall–Kier alpha value is -2.58. The number of fused-ring (bicyclic) bond motifs is 1. The average Bonchev–Trinajstić information content (AvgIpc) is 3.23. The monoisotopic (exact) mass is 486 g/mol. The fourth-order valence-corrected chi connectivity index (χ4v) is 5.12. The molecule has 0 N–H and O–H groups in total. The lowest BCUT2D eigenvalue weighted by Gasteiger charge is -2.36. The molecule has 2 saturated heterocycles. The van der Waals surface area contributed by atoms with Crippen molar-refractivity contribution < 1.29 is 23.7 Å². The van der Waals surface area contributed by atoms with Gasteiger partial charge in [0.1, 0.15) is 25.1 Å². The van der Waals surface area contributed by atoms with E-state index in [0.717, 1.165) is 61.7 Å². The molecule has 0 saturated carbocycles. The van der Waals surface area contributed by atoms with E-state index in [-0.39, 0.29) is 31.7 Å². The highest BCUT2D eigenvalue weighted by Gasteiger charge is 2.36. The number of likely N-dealkylation sites (tertiary alicyclic amines) is 1. The molecular weight excluding hydrogens is 452 g/mol. The first-order valence-electron chi connectivity index (χ1n) is 11.9. The van der Waals surface area contributed by atoms with Crippen LogP contribution in [0.4, 0.5) is 4.79 Å². The van der Waals surface area contributed by atoms with Crippen LogP contribution in [0.1, 0.15) is 30.9 Å². The Morgan fingerprint density at radius 1 is 0.971 bits per heavy atom. The number of carbonyl (C=O) groups excluding carboxylic acids is 1. The average molecular weight is 487 g/mol. The second kappa shape index (κ2) is 11.2. The minimum absolute atomic E-state index is 0. The summed E-state index contributed by atoms with van der Waals surface area (Å²) < 4.78 is 22.9. The lowest BCUT2D eigenvalue weighted by Crippen LogP contribution is -2.44. The first kappa shape index (κ1) is 24.5. The Balaban J connectivity index is 0.00000274. The van der Waals surface area contributed by atoms with Crippen LogP contribution in [-0.2, 0) is 4.74 Å². The second-order valence-corrected chi connectivity index (χ2v) is 9.06. The maximum absolute atomic E-state index is 12.4. The van der Waals surface area contributed by atoms with Crippen molar-refractivity contribution in [3.63, 3.8) is 0 Å². The molecule has 1 amide bonds. The van der Waals surface area contributed by atoms with Gasteiger partial charge in [-0.25, -0.2) is 4.79 Å². The summed E-state index contributed by atoms with van der Waals surface area (Å²) in [6, 6.07) is 15.7. The van der Waals surface area contributed by atoms with Gasteiger partial charge in [-0.3, -0.25) is 9.80 Å². The molecule has 1 unspecified atom stereocenters. The van der Waals surface area contributed by atoms with Crippen LogP contribution < -0.4 is 14.2 Å². The molecule has 0 radical (unpaired) electrons. The fourth-order valence-electron chi connectivity index (χ4n) is 5.12. The van der Waals surface area contributed by atoms with E-state index < -0.39 is 0 Å². The van der Waals surface area contributed by atoms with Gasteiger partial charge < -0.3 is 18.9 Å². The second-order valence-electron chi connectivity index (χ2n) is 9.06. The number of hydrogen-bond acceptors (Lipinski definition) is 6. The molecule has 3 heterocycles. The van der Waals surface area contributed by atoms with Gasteiger partial charge in [0.25, 0.3) is 0 Å². The Morgan fingerprint density at radius 3 is 2.50 bits per heavy atom. The number of amides is 1. The molecule has 0 spiro atoms. The van der Waals surface area contributed by atoms with Gasteiger partial charge in [0.2, 0.25) is 0 Å². The number of methoxy groups -OCH3 is 1. The zero-order valence-corrected chi connectivity index (χ0v) is 20.7. The summed E-state index contributed by atoms with van der Waals surface area (Å²) in [6.07, 6.45) is 3.10. The molecular formula is C26H34N2O5S. The number of cyclic esters (lactones) is 1. The molecule has 8 heteroatoms. The van der Waals surface area contributed by atoms with Crippen LogP contribution in [0.25, 0.3) is 0 Å². The Bertz CT molecular complexity index is 966. The van der Waals surface area contributed by atoms with E-state index in [1.807, 2.05) is 53.4 Å². The van der Waals surface area contributed by atoms with Crippen LogP contribution in [0.15, 0.2) is 48.5 Å². The third kappa shape index (κ3) is 5.39. The van der Waals surface area contributed by atoms with Gasteiger partial charge >= 0.3 is 6.09 Å². The number of para-hydroxylation sites is 3. The van der Waals surface area contributed by atoms with E-state index in [4.69, 9.17) is 18.9 Å². The Labute approximate surface area is 208 Å². The third-order valence-electron chi connectivity index (χ3n) is 6.99. The number of carbonyl (C=O) groups is 1. The van der Waals surface area contributed by atoms with E-state index in [1.165, 1.54) is 0 Å². The van der Waals surface area contributed by atoms with E-state index in [9.17, 15) is 4.79 Å². The minimum Gasteiger partial charge on any atom is -0.496 e. The van der Waals surface area contributed by atoms with Gasteiger partial charge in [-0.1, -0.05) is 30.3 Å². The van der Waals surface area contributed by atoms with Crippen LogP contribution in [0.2, 0.25) is 0 Å². The minimum atomic E-state index is -0.224. The summed E-state index contributed by atoms with van der Waals surface area (Å²) in [5.41, 5.74) is 1.01. The predicted molar refractivity (Wildman–Crippen MR) is 134 cm³/mol. The topological polar surface area (TPSA) is 60.5 Å². The highest BCUT2D eigenvalue weighted by atomic mass is 32.1. The quantitative estimate of drug-likeness (QED) is 0.583. The molecule has 0 aliphatic carbocycles. The molecule has 7 nitrogen and oxygen atoms in total. The number of ether oxygens (including phenoxy) is 4. The fraction of sp³-hybridized carbons (Fsp3) is 0.500. The van der Waals surface area contributed by atoms with Gasteiger partial charge in [-0.2, -0.15) is 13.5 Å². The van der Waals surface area contributed by atoms with Crippen molar-refractivity contribution >= 4 is 19.6 Å². The molecule has 0 bridgehead atoms. The van der Waals surface area contributed by atoms with E-state index in [1.54, 1.807) is 7.11 Å². The van der Waals surface area contributed by atoms with Crippen LogP contribution in [0.5, 0.6) is 17.2 Å². The highest BCUT2D eigenvalue weighted by Crippen LogP contribution is 2.35. The Kier molecular flexibility index (Phi) is 8.11. The van der Waals surface area contributed by atoms with Gasteiger partial charge in [-0.05, 0) is 56.5 Å². The molecule has 2 atom stereocenters. The highest BCUT2D eigenvalue weighted by molar-refractivity contribution is 7.59. The molecule has 3 aliphatic rings. The molecule has 34 heavy (non-hydrogen) atoms. The summed E-state index contributed by atoms with van der Waals surface area (Å²) in [4.78, 5) is 16.8. The first-order valence-corrected chi connectivity index (χ1v) is 11.9. The van der Waals surface area contributed by atoms with Crippen molar-refractivity contribution in [2.45, 2.75) is 31.4 Å². The predicted octanol–water partition coefficient (Wildman–Crippen LogP) is 4.24. The Morgan fingerprint density at radius 2 is 1.71 bits per heavy atom. The SMILES string of the molecule is COc1ccccc1C1COC(=O)N1CCC1CCN(C[C@H]2COc3ccccc3O2)CC1.S. The van der Waals surface area contributed by atoms with Gasteiger partial charge in [0.15, 0.2) is 11.5 Å². The number of piperidine rings is 1.